The van der Waals surface area contributed by atoms with Crippen molar-refractivity contribution in [1.82, 2.24) is 0 Å². The van der Waals surface area contributed by atoms with Crippen molar-refractivity contribution in [3.8, 4) is 0 Å². The Morgan fingerprint density at radius 1 is 1.31 bits per heavy atom. The number of hydrogen-bond acceptors (Lipinski definition) is 0. The van der Waals surface area contributed by atoms with E-state index in [0.717, 1.165) is 6.42 Å². The Kier molecular flexibility index (Phi) is 4.04. The topological polar surface area (TPSA) is 0 Å². The third-order valence-electron chi connectivity index (χ3n) is 2.13. The molecule has 0 amide bonds. The summed E-state index contributed by atoms with van der Waals surface area (Å²) in [5.41, 5.74) is 1.40. The van der Waals surface area contributed by atoms with Gasteiger partial charge in [-0.2, -0.15) is 0 Å². The van der Waals surface area contributed by atoms with Crippen LogP contribution in [0.4, 0.5) is 0 Å². The summed E-state index contributed by atoms with van der Waals surface area (Å²) in [7, 11) is 0. The van der Waals surface area contributed by atoms with Gasteiger partial charge in [-0.15, -0.1) is 0 Å². The molecular weight excluding hydrogens is 156 g/mol. The lowest BCUT2D eigenvalue weighted by Crippen LogP contribution is -1.90. The number of benzene rings is 1. The van der Waals surface area contributed by atoms with Gasteiger partial charge in [0, 0.05) is 0 Å². The van der Waals surface area contributed by atoms with Crippen molar-refractivity contribution in [2.45, 2.75) is 19.3 Å². The quantitative estimate of drug-likeness (QED) is 0.604. The normalized spacial score (nSPS) is 13.0. The molecule has 0 spiro atoms. The fourth-order valence-electron chi connectivity index (χ4n) is 1.30. The maximum Gasteiger partial charge on any atom is -0.0156 e. The van der Waals surface area contributed by atoms with Crippen molar-refractivity contribution in [2.75, 3.05) is 0 Å². The number of rotatable bonds is 4. The summed E-state index contributed by atoms with van der Waals surface area (Å²) in [5, 5.41) is 0. The third kappa shape index (κ3) is 3.29. The molecule has 0 aliphatic heterocycles. The Labute approximate surface area is 80.6 Å². The van der Waals surface area contributed by atoms with Crippen LogP contribution in [0.3, 0.4) is 0 Å². The van der Waals surface area contributed by atoms with Gasteiger partial charge in [0.1, 0.15) is 0 Å². The molecular formula is C13H16. The first-order valence-electron chi connectivity index (χ1n) is 4.67. The third-order valence-corrected chi connectivity index (χ3v) is 2.13. The molecule has 13 heavy (non-hydrogen) atoms. The lowest BCUT2D eigenvalue weighted by atomic mass is 9.98. The smallest absolute Gasteiger partial charge is 0.0156 e. The summed E-state index contributed by atoms with van der Waals surface area (Å²) in [5.74, 6) is 0.595. The molecule has 0 heterocycles. The second-order valence-electron chi connectivity index (χ2n) is 3.21. The van der Waals surface area contributed by atoms with Gasteiger partial charge in [-0.05, 0) is 17.9 Å². The molecule has 0 aliphatic rings. The Bertz CT molecular complexity index is 269. The van der Waals surface area contributed by atoms with Crippen molar-refractivity contribution in [3.05, 3.63) is 60.7 Å². The van der Waals surface area contributed by atoms with Gasteiger partial charge >= 0.3 is 0 Å². The largest absolute Gasteiger partial charge is 0.0991 e. The molecule has 0 radical (unpaired) electrons. The van der Waals surface area contributed by atoms with Crippen molar-refractivity contribution in [3.63, 3.8) is 0 Å². The highest BCUT2D eigenvalue weighted by Crippen LogP contribution is 2.18. The van der Waals surface area contributed by atoms with E-state index in [2.05, 4.69) is 49.9 Å². The van der Waals surface area contributed by atoms with Crippen LogP contribution in [0.15, 0.2) is 55.1 Å². The van der Waals surface area contributed by atoms with E-state index in [-0.39, 0.29) is 0 Å². The molecule has 1 aromatic carbocycles. The lowest BCUT2D eigenvalue weighted by Gasteiger charge is -2.07. The highest BCUT2D eigenvalue weighted by molar-refractivity contribution is 5.19. The van der Waals surface area contributed by atoms with Crippen molar-refractivity contribution >= 4 is 0 Å². The van der Waals surface area contributed by atoms with Crippen LogP contribution in [-0.2, 0) is 0 Å². The van der Waals surface area contributed by atoms with Crippen LogP contribution in [-0.4, -0.2) is 0 Å². The molecule has 1 atom stereocenters. The minimum atomic E-state index is 0.595. The fourth-order valence-corrected chi connectivity index (χ4v) is 1.30. The van der Waals surface area contributed by atoms with Gasteiger partial charge in [-0.3, -0.25) is 0 Å². The van der Waals surface area contributed by atoms with Crippen LogP contribution in [0.2, 0.25) is 0 Å². The Morgan fingerprint density at radius 3 is 2.62 bits per heavy atom. The average Bonchev–Trinajstić information content (AvgIpc) is 2.19. The number of allylic oxidation sites excluding steroid dienone is 3. The molecule has 0 N–H and O–H groups in total. The second-order valence-corrected chi connectivity index (χ2v) is 3.21. The molecule has 0 fully saturated rings. The SMILES string of the molecule is C=C/C=C\CC(C)c1ccccc1. The predicted molar refractivity (Wildman–Crippen MR) is 58.8 cm³/mol. The van der Waals surface area contributed by atoms with E-state index in [9.17, 15) is 0 Å². The minimum Gasteiger partial charge on any atom is -0.0991 e. The van der Waals surface area contributed by atoms with E-state index in [1.807, 2.05) is 12.2 Å². The van der Waals surface area contributed by atoms with E-state index < -0.39 is 0 Å². The molecule has 0 aliphatic carbocycles. The van der Waals surface area contributed by atoms with Crippen molar-refractivity contribution in [1.29, 1.82) is 0 Å². The zero-order valence-electron chi connectivity index (χ0n) is 8.11. The van der Waals surface area contributed by atoms with Crippen LogP contribution < -0.4 is 0 Å². The van der Waals surface area contributed by atoms with E-state index in [1.54, 1.807) is 0 Å². The van der Waals surface area contributed by atoms with Gasteiger partial charge in [0.2, 0.25) is 0 Å². The predicted octanol–water partition coefficient (Wildman–Crippen LogP) is 3.92. The van der Waals surface area contributed by atoms with Crippen LogP contribution in [0.1, 0.15) is 24.8 Å². The van der Waals surface area contributed by atoms with E-state index in [1.165, 1.54) is 5.56 Å². The summed E-state index contributed by atoms with van der Waals surface area (Å²) in [4.78, 5) is 0. The minimum absolute atomic E-state index is 0.595. The Morgan fingerprint density at radius 2 is 2.00 bits per heavy atom. The second kappa shape index (κ2) is 5.36. The number of hydrogen-bond donors (Lipinski definition) is 0. The zero-order valence-corrected chi connectivity index (χ0v) is 8.11. The molecule has 0 aromatic heterocycles. The molecule has 68 valence electrons. The molecule has 1 unspecified atom stereocenters. The summed E-state index contributed by atoms with van der Waals surface area (Å²) in [6.07, 6.45) is 7.05. The van der Waals surface area contributed by atoms with E-state index in [0.29, 0.717) is 5.92 Å². The molecule has 0 saturated carbocycles. The van der Waals surface area contributed by atoms with Gasteiger partial charge in [0.05, 0.1) is 0 Å². The monoisotopic (exact) mass is 172 g/mol. The maximum atomic E-state index is 3.64. The van der Waals surface area contributed by atoms with Gasteiger partial charge in [-0.25, -0.2) is 0 Å². The van der Waals surface area contributed by atoms with Crippen LogP contribution in [0, 0.1) is 0 Å². The average molecular weight is 172 g/mol. The molecule has 0 bridgehead atoms. The standard InChI is InChI=1S/C13H16/c1-3-4-6-9-12(2)13-10-7-5-8-11-13/h3-8,10-12H,1,9H2,2H3/b6-4-. The van der Waals surface area contributed by atoms with Crippen molar-refractivity contribution < 1.29 is 0 Å². The van der Waals surface area contributed by atoms with Gasteiger partial charge in [-0.1, -0.05) is 62.1 Å². The summed E-state index contributed by atoms with van der Waals surface area (Å²) < 4.78 is 0. The van der Waals surface area contributed by atoms with E-state index in [4.69, 9.17) is 0 Å². The molecule has 0 nitrogen and oxygen atoms in total. The van der Waals surface area contributed by atoms with Crippen LogP contribution >= 0.6 is 0 Å². The molecule has 0 saturated heterocycles. The summed E-state index contributed by atoms with van der Waals surface area (Å²) >= 11 is 0. The molecule has 0 heteroatoms. The van der Waals surface area contributed by atoms with Crippen molar-refractivity contribution in [2.24, 2.45) is 0 Å². The first-order chi connectivity index (χ1) is 6.34. The van der Waals surface area contributed by atoms with Crippen LogP contribution in [0.5, 0.6) is 0 Å². The highest BCUT2D eigenvalue weighted by Gasteiger charge is 2.00. The Balaban J connectivity index is 2.53. The first-order valence-corrected chi connectivity index (χ1v) is 4.67. The summed E-state index contributed by atoms with van der Waals surface area (Å²) in [6, 6.07) is 10.6. The van der Waals surface area contributed by atoms with Gasteiger partial charge in [0.25, 0.3) is 0 Å². The lowest BCUT2D eigenvalue weighted by molar-refractivity contribution is 0.781. The highest BCUT2D eigenvalue weighted by atomic mass is 14.1. The van der Waals surface area contributed by atoms with Gasteiger partial charge < -0.3 is 0 Å². The fraction of sp³-hybridized carbons (Fsp3) is 0.231. The van der Waals surface area contributed by atoms with Gasteiger partial charge in [0.15, 0.2) is 0 Å². The zero-order chi connectivity index (χ0) is 9.52. The maximum absolute atomic E-state index is 3.64. The Hall–Kier alpha value is -1.30. The first kappa shape index (κ1) is 9.79. The summed E-state index contributed by atoms with van der Waals surface area (Å²) in [6.45, 7) is 5.88. The molecule has 1 aromatic rings. The molecule has 1 rings (SSSR count). The van der Waals surface area contributed by atoms with Crippen LogP contribution in [0.25, 0.3) is 0 Å². The van der Waals surface area contributed by atoms with E-state index >= 15 is 0 Å².